The number of hydrogen-bond acceptors (Lipinski definition) is 5. The lowest BCUT2D eigenvalue weighted by Gasteiger charge is -2.43. The van der Waals surface area contributed by atoms with Gasteiger partial charge < -0.3 is 24.2 Å². The van der Waals surface area contributed by atoms with Crippen LogP contribution in [-0.2, 0) is 4.74 Å². The summed E-state index contributed by atoms with van der Waals surface area (Å²) >= 11 is 0. The summed E-state index contributed by atoms with van der Waals surface area (Å²) in [6.07, 6.45) is -11.0. The van der Waals surface area contributed by atoms with E-state index in [1.54, 1.807) is 23.1 Å². The minimum absolute atomic E-state index is 0.102. The van der Waals surface area contributed by atoms with Crippen LogP contribution in [0.25, 0.3) is 11.1 Å². The molecule has 13 heteroatoms. The Labute approximate surface area is 217 Å². The summed E-state index contributed by atoms with van der Waals surface area (Å²) in [5, 5.41) is 10.1. The second kappa shape index (κ2) is 11.3. The Morgan fingerprint density at radius 3 is 2.49 bits per heavy atom. The average molecular weight is 565 g/mol. The van der Waals surface area contributed by atoms with Crippen molar-refractivity contribution in [3.8, 4) is 22.6 Å². The van der Waals surface area contributed by atoms with Gasteiger partial charge in [0.2, 0.25) is 0 Å². The summed E-state index contributed by atoms with van der Waals surface area (Å²) < 4.78 is 118. The van der Waals surface area contributed by atoms with Crippen LogP contribution in [0.15, 0.2) is 66.5 Å². The fourth-order valence-corrected chi connectivity index (χ4v) is 4.51. The third-order valence-corrected chi connectivity index (χ3v) is 6.14. The highest BCUT2D eigenvalue weighted by Gasteiger charge is 2.45. The van der Waals surface area contributed by atoms with E-state index in [1.807, 2.05) is 0 Å². The van der Waals surface area contributed by atoms with Gasteiger partial charge in [-0.1, -0.05) is 30.3 Å². The molecular formula is C26H23F8NO4. The van der Waals surface area contributed by atoms with Gasteiger partial charge in [0.05, 0.1) is 17.8 Å². The van der Waals surface area contributed by atoms with Gasteiger partial charge in [0.1, 0.15) is 24.8 Å². The molecule has 4 rings (SSSR count). The van der Waals surface area contributed by atoms with Gasteiger partial charge in [-0.3, -0.25) is 0 Å². The SMILES string of the molecule is O[C@H](CF)CN1c2cccc(-c3cccc(OC(F)(F)F)c3)c2OCC1[C@@H]1C=C(OC(F)(F)C(F)F)C=CC1. The van der Waals surface area contributed by atoms with Crippen molar-refractivity contribution in [2.75, 3.05) is 24.7 Å². The Balaban J connectivity index is 1.68. The van der Waals surface area contributed by atoms with Gasteiger partial charge in [0, 0.05) is 18.0 Å². The smallest absolute Gasteiger partial charge is 0.489 e. The maximum atomic E-state index is 13.5. The first kappa shape index (κ1) is 28.5. The Morgan fingerprint density at radius 2 is 1.79 bits per heavy atom. The molecule has 2 aliphatic rings. The molecule has 1 N–H and O–H groups in total. The lowest BCUT2D eigenvalue weighted by Crippen LogP contribution is -2.50. The zero-order valence-corrected chi connectivity index (χ0v) is 20.1. The predicted molar refractivity (Wildman–Crippen MR) is 125 cm³/mol. The van der Waals surface area contributed by atoms with Crippen LogP contribution in [0, 0.1) is 5.92 Å². The fourth-order valence-electron chi connectivity index (χ4n) is 4.51. The topological polar surface area (TPSA) is 51.2 Å². The number of alkyl halides is 8. The fraction of sp³-hybridized carbons (Fsp3) is 0.385. The van der Waals surface area contributed by atoms with Gasteiger partial charge >= 0.3 is 18.9 Å². The first-order valence-electron chi connectivity index (χ1n) is 11.7. The maximum absolute atomic E-state index is 13.5. The Hall–Kier alpha value is -3.48. The second-order valence-corrected chi connectivity index (χ2v) is 8.90. The number of benzene rings is 2. The highest BCUT2D eigenvalue weighted by Crippen LogP contribution is 2.45. The van der Waals surface area contributed by atoms with Gasteiger partial charge in [-0.15, -0.1) is 13.2 Å². The summed E-state index contributed by atoms with van der Waals surface area (Å²) in [5.41, 5.74) is 1.07. The monoisotopic (exact) mass is 565 g/mol. The number of para-hydroxylation sites is 1. The van der Waals surface area contributed by atoms with E-state index in [-0.39, 0.29) is 25.3 Å². The van der Waals surface area contributed by atoms with Crippen LogP contribution in [0.1, 0.15) is 6.42 Å². The third-order valence-electron chi connectivity index (χ3n) is 6.14. The molecule has 0 saturated heterocycles. The maximum Gasteiger partial charge on any atom is 0.573 e. The van der Waals surface area contributed by atoms with Crippen LogP contribution >= 0.6 is 0 Å². The first-order chi connectivity index (χ1) is 18.4. The van der Waals surface area contributed by atoms with Gasteiger partial charge in [0.15, 0.2) is 5.75 Å². The quantitative estimate of drug-likeness (QED) is 0.353. The summed E-state index contributed by atoms with van der Waals surface area (Å²) in [6, 6.07) is 9.30. The molecular weight excluding hydrogens is 542 g/mol. The van der Waals surface area contributed by atoms with Crippen molar-refractivity contribution in [2.45, 2.75) is 37.5 Å². The minimum atomic E-state index is -4.90. The number of aliphatic hydroxyl groups excluding tert-OH is 1. The molecule has 0 radical (unpaired) electrons. The molecule has 212 valence electrons. The molecule has 0 spiro atoms. The number of allylic oxidation sites excluding steroid dienone is 2. The lowest BCUT2D eigenvalue weighted by atomic mass is 9.89. The van der Waals surface area contributed by atoms with Crippen LogP contribution in [-0.4, -0.2) is 56.0 Å². The highest BCUT2D eigenvalue weighted by molar-refractivity contribution is 5.80. The molecule has 0 bridgehead atoms. The Morgan fingerprint density at radius 1 is 1.05 bits per heavy atom. The number of hydrogen-bond donors (Lipinski definition) is 1. The van der Waals surface area contributed by atoms with Crippen molar-refractivity contribution < 1.29 is 54.4 Å². The molecule has 0 amide bonds. The highest BCUT2D eigenvalue weighted by atomic mass is 19.4. The van der Waals surface area contributed by atoms with E-state index < -0.39 is 55.1 Å². The minimum Gasteiger partial charge on any atom is -0.489 e. The van der Waals surface area contributed by atoms with Crippen LogP contribution < -0.4 is 14.4 Å². The van der Waals surface area contributed by atoms with Gasteiger partial charge in [-0.2, -0.15) is 17.6 Å². The summed E-state index contributed by atoms with van der Waals surface area (Å²) in [5.74, 6) is -1.32. The summed E-state index contributed by atoms with van der Waals surface area (Å²) in [7, 11) is 0. The molecule has 3 atom stereocenters. The molecule has 1 aliphatic heterocycles. The summed E-state index contributed by atoms with van der Waals surface area (Å²) in [4.78, 5) is 1.60. The second-order valence-electron chi connectivity index (χ2n) is 8.90. The Bertz CT molecular complexity index is 1220. The molecule has 2 aromatic rings. The summed E-state index contributed by atoms with van der Waals surface area (Å²) in [6.45, 7) is -1.43. The first-order valence-corrected chi connectivity index (χ1v) is 11.7. The van der Waals surface area contributed by atoms with Crippen molar-refractivity contribution in [1.29, 1.82) is 0 Å². The predicted octanol–water partition coefficient (Wildman–Crippen LogP) is 6.48. The van der Waals surface area contributed by atoms with Gasteiger partial charge in [-0.25, -0.2) is 4.39 Å². The zero-order valence-electron chi connectivity index (χ0n) is 20.1. The molecule has 0 fully saturated rings. The number of fused-ring (bicyclic) bond motifs is 1. The largest absolute Gasteiger partial charge is 0.573 e. The van der Waals surface area contributed by atoms with E-state index in [1.165, 1.54) is 30.4 Å². The number of anilines is 1. The molecule has 0 saturated carbocycles. The van der Waals surface area contributed by atoms with E-state index in [0.717, 1.165) is 12.1 Å². The molecule has 1 unspecified atom stereocenters. The number of halogens is 8. The van der Waals surface area contributed by atoms with Crippen LogP contribution in [0.3, 0.4) is 0 Å². The van der Waals surface area contributed by atoms with Gasteiger partial charge in [0.25, 0.3) is 0 Å². The van der Waals surface area contributed by atoms with E-state index in [0.29, 0.717) is 16.8 Å². The van der Waals surface area contributed by atoms with Crippen LogP contribution in [0.2, 0.25) is 0 Å². The van der Waals surface area contributed by atoms with E-state index in [2.05, 4.69) is 9.47 Å². The Kier molecular flexibility index (Phi) is 8.28. The standard InChI is InChI=1S/C26H23F8NO4/c27-12-17(36)13-35-21-9-3-8-20(15-4-1-7-19(10-15)39-26(32,33)34)23(21)37-14-22(35)16-5-2-6-18(11-16)38-25(30,31)24(28)29/h1-4,6-11,16-17,22,24,36H,5,12-14H2/t16-,17+,22?/m0/s1. The number of β-amino-alcohol motifs (C(OH)–C–C–N with tert-alkyl or cyclic N) is 1. The van der Waals surface area contributed by atoms with Crippen molar-refractivity contribution in [3.63, 3.8) is 0 Å². The van der Waals surface area contributed by atoms with Crippen LogP contribution in [0.4, 0.5) is 40.8 Å². The number of nitrogens with zero attached hydrogens (tertiary/aromatic N) is 1. The molecule has 1 aliphatic carbocycles. The zero-order chi connectivity index (χ0) is 28.4. The number of aliphatic hydroxyl groups is 1. The number of rotatable bonds is 9. The van der Waals surface area contributed by atoms with Crippen molar-refractivity contribution in [3.05, 3.63) is 66.5 Å². The molecule has 39 heavy (non-hydrogen) atoms. The van der Waals surface area contributed by atoms with Crippen molar-refractivity contribution in [1.82, 2.24) is 0 Å². The molecule has 5 nitrogen and oxygen atoms in total. The van der Waals surface area contributed by atoms with E-state index >= 15 is 0 Å². The molecule has 2 aromatic carbocycles. The number of ether oxygens (including phenoxy) is 3. The van der Waals surface area contributed by atoms with Crippen LogP contribution in [0.5, 0.6) is 11.5 Å². The third kappa shape index (κ3) is 6.75. The molecule has 0 aromatic heterocycles. The van der Waals surface area contributed by atoms with Crippen molar-refractivity contribution in [2.24, 2.45) is 5.92 Å². The normalized spacial score (nSPS) is 20.3. The van der Waals surface area contributed by atoms with Crippen molar-refractivity contribution >= 4 is 5.69 Å². The lowest BCUT2D eigenvalue weighted by molar-refractivity contribution is -0.280. The van der Waals surface area contributed by atoms with Gasteiger partial charge in [-0.05, 0) is 42.3 Å². The average Bonchev–Trinajstić information content (AvgIpc) is 2.87. The van der Waals surface area contributed by atoms with E-state index in [9.17, 15) is 40.2 Å². The molecule has 1 heterocycles. The van der Waals surface area contributed by atoms with E-state index in [4.69, 9.17) is 4.74 Å².